The fraction of sp³-hybridized carbons (Fsp3) is 0.647. The van der Waals surface area contributed by atoms with E-state index in [1.165, 1.54) is 31.5 Å². The molecule has 1 aliphatic rings. The molecule has 1 fully saturated rings. The summed E-state index contributed by atoms with van der Waals surface area (Å²) in [6.45, 7) is 6.72. The number of nitrogens with two attached hydrogens (primary N) is 1. The summed E-state index contributed by atoms with van der Waals surface area (Å²) in [6, 6.07) is 7.22. The second-order valence-electron chi connectivity index (χ2n) is 6.13. The van der Waals surface area contributed by atoms with Crippen molar-refractivity contribution in [3.63, 3.8) is 0 Å². The molecule has 0 bridgehead atoms. The quantitative estimate of drug-likeness (QED) is 0.839. The van der Waals surface area contributed by atoms with Crippen LogP contribution in [0.15, 0.2) is 24.3 Å². The van der Waals surface area contributed by atoms with Gasteiger partial charge in [0.2, 0.25) is 0 Å². The van der Waals surface area contributed by atoms with Gasteiger partial charge in [-0.25, -0.2) is 4.39 Å². The molecule has 2 N–H and O–H groups in total. The molecule has 118 valence electrons. The summed E-state index contributed by atoms with van der Waals surface area (Å²) in [5.41, 5.74) is 7.21. The fourth-order valence-electron chi connectivity index (χ4n) is 3.21. The normalized spacial score (nSPS) is 21.1. The Labute approximate surface area is 127 Å². The van der Waals surface area contributed by atoms with E-state index in [1.54, 1.807) is 12.1 Å². The van der Waals surface area contributed by atoms with Crippen molar-refractivity contribution in [2.24, 2.45) is 5.73 Å². The lowest BCUT2D eigenvalue weighted by molar-refractivity contribution is 0.195. The highest BCUT2D eigenvalue weighted by Crippen LogP contribution is 2.18. The minimum Gasteiger partial charge on any atom is -0.324 e. The van der Waals surface area contributed by atoms with Crippen LogP contribution in [0.5, 0.6) is 0 Å². The van der Waals surface area contributed by atoms with Gasteiger partial charge in [-0.1, -0.05) is 19.1 Å². The van der Waals surface area contributed by atoms with Crippen molar-refractivity contribution in [3.05, 3.63) is 35.6 Å². The van der Waals surface area contributed by atoms with Gasteiger partial charge in [0.15, 0.2) is 0 Å². The summed E-state index contributed by atoms with van der Waals surface area (Å²) in [5, 5.41) is 0. The van der Waals surface area contributed by atoms with Gasteiger partial charge in [-0.3, -0.25) is 4.90 Å². The molecule has 3 nitrogen and oxygen atoms in total. The van der Waals surface area contributed by atoms with E-state index in [2.05, 4.69) is 23.8 Å². The number of likely N-dealkylation sites (tertiary alicyclic amines) is 1. The Hall–Kier alpha value is -0.970. The molecule has 1 aromatic carbocycles. The molecule has 0 radical (unpaired) electrons. The number of benzene rings is 1. The van der Waals surface area contributed by atoms with Crippen LogP contribution in [0.3, 0.4) is 0 Å². The van der Waals surface area contributed by atoms with E-state index in [-0.39, 0.29) is 11.9 Å². The molecule has 1 heterocycles. The smallest absolute Gasteiger partial charge is 0.123 e. The maximum Gasteiger partial charge on any atom is 0.123 e. The molecule has 0 aromatic heterocycles. The zero-order valence-electron chi connectivity index (χ0n) is 13.3. The van der Waals surface area contributed by atoms with E-state index < -0.39 is 0 Å². The first-order chi connectivity index (χ1) is 10.1. The summed E-state index contributed by atoms with van der Waals surface area (Å²) in [4.78, 5) is 4.94. The molecular formula is C17H28FN3. The van der Waals surface area contributed by atoms with Crippen LogP contribution in [0.25, 0.3) is 0 Å². The lowest BCUT2D eigenvalue weighted by Gasteiger charge is -2.28. The standard InChI is InChI=1S/C17H28FN3/c1-3-21-11-4-5-16(21)13-20(2)12-10-17(19)14-6-8-15(18)9-7-14/h6-9,16-17H,3-5,10-13,19H2,1-2H3. The van der Waals surface area contributed by atoms with Crippen molar-refractivity contribution < 1.29 is 4.39 Å². The third-order valence-corrected chi connectivity index (χ3v) is 4.55. The highest BCUT2D eigenvalue weighted by atomic mass is 19.1. The average molecular weight is 293 g/mol. The van der Waals surface area contributed by atoms with E-state index in [9.17, 15) is 4.39 Å². The highest BCUT2D eigenvalue weighted by molar-refractivity contribution is 5.19. The van der Waals surface area contributed by atoms with Crippen LogP contribution in [0.2, 0.25) is 0 Å². The topological polar surface area (TPSA) is 32.5 Å². The predicted molar refractivity (Wildman–Crippen MR) is 85.7 cm³/mol. The predicted octanol–water partition coefficient (Wildman–Crippen LogP) is 2.63. The van der Waals surface area contributed by atoms with E-state index in [1.807, 2.05) is 0 Å². The van der Waals surface area contributed by atoms with Gasteiger partial charge in [0, 0.05) is 18.6 Å². The van der Waals surface area contributed by atoms with Gasteiger partial charge in [0.1, 0.15) is 5.82 Å². The van der Waals surface area contributed by atoms with Crippen LogP contribution < -0.4 is 5.73 Å². The van der Waals surface area contributed by atoms with E-state index in [0.29, 0.717) is 6.04 Å². The Bertz CT molecular complexity index is 421. The first-order valence-electron chi connectivity index (χ1n) is 8.03. The van der Waals surface area contributed by atoms with Crippen molar-refractivity contribution in [2.75, 3.05) is 33.2 Å². The van der Waals surface area contributed by atoms with Crippen LogP contribution in [0.1, 0.15) is 37.8 Å². The first kappa shape index (κ1) is 16.4. The van der Waals surface area contributed by atoms with E-state index in [4.69, 9.17) is 5.73 Å². The SMILES string of the molecule is CCN1CCCC1CN(C)CCC(N)c1ccc(F)cc1. The Morgan fingerprint density at radius 1 is 1.38 bits per heavy atom. The van der Waals surface area contributed by atoms with E-state index in [0.717, 1.165) is 31.6 Å². The fourth-order valence-corrected chi connectivity index (χ4v) is 3.21. The van der Waals surface area contributed by atoms with Gasteiger partial charge in [0.05, 0.1) is 0 Å². The monoisotopic (exact) mass is 293 g/mol. The second-order valence-corrected chi connectivity index (χ2v) is 6.13. The molecule has 2 rings (SSSR count). The van der Waals surface area contributed by atoms with Crippen molar-refractivity contribution in [3.8, 4) is 0 Å². The van der Waals surface area contributed by atoms with Gasteiger partial charge in [0.25, 0.3) is 0 Å². The van der Waals surface area contributed by atoms with Gasteiger partial charge >= 0.3 is 0 Å². The lowest BCUT2D eigenvalue weighted by atomic mass is 10.0. The molecule has 0 spiro atoms. The molecule has 1 saturated heterocycles. The molecule has 21 heavy (non-hydrogen) atoms. The summed E-state index contributed by atoms with van der Waals surface area (Å²) < 4.78 is 12.9. The summed E-state index contributed by atoms with van der Waals surface area (Å²) >= 11 is 0. The van der Waals surface area contributed by atoms with Crippen LogP contribution >= 0.6 is 0 Å². The first-order valence-corrected chi connectivity index (χ1v) is 8.03. The van der Waals surface area contributed by atoms with Crippen molar-refractivity contribution in [1.82, 2.24) is 9.80 Å². The molecule has 1 aliphatic heterocycles. The second kappa shape index (κ2) is 7.87. The minimum absolute atomic E-state index is 0.0149. The largest absolute Gasteiger partial charge is 0.324 e. The van der Waals surface area contributed by atoms with Crippen LogP contribution in [-0.2, 0) is 0 Å². The van der Waals surface area contributed by atoms with Gasteiger partial charge < -0.3 is 10.6 Å². The number of nitrogens with zero attached hydrogens (tertiary/aromatic N) is 2. The van der Waals surface area contributed by atoms with Crippen LogP contribution in [-0.4, -0.2) is 49.1 Å². The Morgan fingerprint density at radius 3 is 2.76 bits per heavy atom. The average Bonchev–Trinajstić information content (AvgIpc) is 2.92. The zero-order valence-corrected chi connectivity index (χ0v) is 13.3. The molecule has 2 atom stereocenters. The number of halogens is 1. The lowest BCUT2D eigenvalue weighted by Crippen LogP contribution is -2.39. The molecule has 1 aromatic rings. The molecule has 0 saturated carbocycles. The van der Waals surface area contributed by atoms with Crippen LogP contribution in [0, 0.1) is 5.82 Å². The molecular weight excluding hydrogens is 265 g/mol. The Balaban J connectivity index is 1.75. The highest BCUT2D eigenvalue weighted by Gasteiger charge is 2.23. The third kappa shape index (κ3) is 4.77. The van der Waals surface area contributed by atoms with Gasteiger partial charge in [-0.15, -0.1) is 0 Å². The van der Waals surface area contributed by atoms with Crippen LogP contribution in [0.4, 0.5) is 4.39 Å². The Kier molecular flexibility index (Phi) is 6.15. The van der Waals surface area contributed by atoms with E-state index >= 15 is 0 Å². The summed E-state index contributed by atoms with van der Waals surface area (Å²) in [5.74, 6) is -0.205. The maximum atomic E-state index is 12.9. The van der Waals surface area contributed by atoms with Gasteiger partial charge in [-0.2, -0.15) is 0 Å². The third-order valence-electron chi connectivity index (χ3n) is 4.55. The number of hydrogen-bond acceptors (Lipinski definition) is 3. The molecule has 0 amide bonds. The Morgan fingerprint density at radius 2 is 2.10 bits per heavy atom. The summed E-state index contributed by atoms with van der Waals surface area (Å²) in [7, 11) is 2.17. The maximum absolute atomic E-state index is 12.9. The summed E-state index contributed by atoms with van der Waals surface area (Å²) in [6.07, 6.45) is 3.53. The number of hydrogen-bond donors (Lipinski definition) is 1. The minimum atomic E-state index is -0.205. The molecule has 4 heteroatoms. The van der Waals surface area contributed by atoms with Crippen molar-refractivity contribution >= 4 is 0 Å². The molecule has 2 unspecified atom stereocenters. The number of likely N-dealkylation sites (N-methyl/N-ethyl adjacent to an activating group) is 2. The molecule has 0 aliphatic carbocycles. The van der Waals surface area contributed by atoms with Gasteiger partial charge in [-0.05, 0) is 63.6 Å². The zero-order chi connectivity index (χ0) is 15.2. The van der Waals surface area contributed by atoms with Crippen molar-refractivity contribution in [2.45, 2.75) is 38.3 Å². The van der Waals surface area contributed by atoms with Crippen molar-refractivity contribution in [1.29, 1.82) is 0 Å². The number of rotatable bonds is 7.